The van der Waals surface area contributed by atoms with E-state index in [0.29, 0.717) is 0 Å². The monoisotopic (exact) mass is 197 g/mol. The van der Waals surface area contributed by atoms with Gasteiger partial charge < -0.3 is 4.55 Å². The van der Waals surface area contributed by atoms with E-state index in [1.807, 2.05) is 37.3 Å². The van der Waals surface area contributed by atoms with E-state index in [4.69, 9.17) is 4.18 Å². The van der Waals surface area contributed by atoms with Crippen molar-refractivity contribution in [2.45, 2.75) is 19.1 Å². The van der Waals surface area contributed by atoms with Crippen molar-refractivity contribution in [1.82, 2.24) is 4.72 Å². The van der Waals surface area contributed by atoms with Crippen LogP contribution in [0.3, 0.4) is 0 Å². The summed E-state index contributed by atoms with van der Waals surface area (Å²) in [4.78, 5) is 0. The smallest absolute Gasteiger partial charge is 0.215 e. The van der Waals surface area contributed by atoms with Gasteiger partial charge in [0, 0.05) is 0 Å². The molecule has 0 radical (unpaired) electrons. The molecule has 0 bridgehead atoms. The predicted molar refractivity (Wildman–Crippen MR) is 51.0 cm³/mol. The third kappa shape index (κ3) is 1.86. The van der Waals surface area contributed by atoms with Crippen molar-refractivity contribution in [3.05, 3.63) is 35.9 Å². The number of hydrogen-bond acceptors (Lipinski definition) is 3. The molecule has 1 aromatic carbocycles. The third-order valence-electron chi connectivity index (χ3n) is 2.06. The summed E-state index contributed by atoms with van der Waals surface area (Å²) in [6.45, 7) is 1.96. The summed E-state index contributed by atoms with van der Waals surface area (Å²) in [5.41, 5.74) is 1.06. The van der Waals surface area contributed by atoms with Crippen LogP contribution in [0.2, 0.25) is 0 Å². The average Bonchev–Trinajstić information content (AvgIpc) is 2.47. The summed E-state index contributed by atoms with van der Waals surface area (Å²) >= 11 is -1.33. The van der Waals surface area contributed by atoms with Crippen molar-refractivity contribution < 1.29 is 8.74 Å². The second-order valence-corrected chi connectivity index (χ2v) is 3.97. The van der Waals surface area contributed by atoms with Crippen molar-refractivity contribution in [2.24, 2.45) is 0 Å². The fraction of sp³-hybridized carbons (Fsp3) is 0.333. The Kier molecular flexibility index (Phi) is 2.55. The highest BCUT2D eigenvalue weighted by atomic mass is 32.2. The summed E-state index contributed by atoms with van der Waals surface area (Å²) < 4.78 is 19.1. The summed E-state index contributed by atoms with van der Waals surface area (Å²) in [7, 11) is 0. The van der Waals surface area contributed by atoms with Crippen LogP contribution in [0, 0.1) is 0 Å². The molecule has 2 rings (SSSR count). The molecule has 2 unspecified atom stereocenters. The molecule has 0 amide bonds. The Morgan fingerprint density at radius 1 is 1.38 bits per heavy atom. The van der Waals surface area contributed by atoms with Gasteiger partial charge in [0.25, 0.3) is 0 Å². The molecule has 1 saturated heterocycles. The minimum absolute atomic E-state index is 0.0953. The lowest BCUT2D eigenvalue weighted by atomic mass is 10.0. The van der Waals surface area contributed by atoms with Gasteiger partial charge in [0.05, 0.1) is 6.04 Å². The summed E-state index contributed by atoms with van der Waals surface area (Å²) in [6, 6.07) is 9.91. The molecule has 1 heterocycles. The average molecular weight is 197 g/mol. The Bertz CT molecular complexity index is 280. The summed E-state index contributed by atoms with van der Waals surface area (Å²) in [6.07, 6.45) is -0.0953. The first-order valence-corrected chi connectivity index (χ1v) is 5.25. The van der Waals surface area contributed by atoms with Crippen molar-refractivity contribution >= 4 is 11.6 Å². The van der Waals surface area contributed by atoms with Crippen molar-refractivity contribution in [1.29, 1.82) is 0 Å². The van der Waals surface area contributed by atoms with E-state index in [0.717, 1.165) is 5.56 Å². The molecule has 4 heteroatoms. The molecule has 0 aromatic heterocycles. The molecule has 0 aliphatic carbocycles. The predicted octanol–water partition coefficient (Wildman–Crippen LogP) is 1.31. The first-order valence-electron chi connectivity index (χ1n) is 4.17. The van der Waals surface area contributed by atoms with Crippen LogP contribution >= 0.6 is 0 Å². The van der Waals surface area contributed by atoms with E-state index < -0.39 is 11.6 Å². The van der Waals surface area contributed by atoms with Gasteiger partial charge in [-0.15, -0.1) is 8.91 Å². The normalized spacial score (nSPS) is 33.5. The van der Waals surface area contributed by atoms with Crippen LogP contribution in [0.1, 0.15) is 18.6 Å². The molecular weight excluding hydrogens is 186 g/mol. The van der Waals surface area contributed by atoms with Crippen molar-refractivity contribution in [3.8, 4) is 0 Å². The van der Waals surface area contributed by atoms with E-state index in [2.05, 4.69) is 4.72 Å². The second-order valence-electron chi connectivity index (χ2n) is 3.07. The molecule has 1 N–H and O–H groups in total. The van der Waals surface area contributed by atoms with Crippen LogP contribution in [0.4, 0.5) is 0 Å². The number of hydrogen-bond donors (Lipinski definition) is 1. The fourth-order valence-electron chi connectivity index (χ4n) is 1.41. The molecule has 1 fully saturated rings. The van der Waals surface area contributed by atoms with Crippen LogP contribution in [0.5, 0.6) is 0 Å². The van der Waals surface area contributed by atoms with Crippen LogP contribution in [-0.4, -0.2) is 10.6 Å². The van der Waals surface area contributed by atoms with Crippen LogP contribution in [-0.2, 0) is 15.8 Å². The summed E-state index contributed by atoms with van der Waals surface area (Å²) in [5, 5.41) is 0. The maximum atomic E-state index is 11.0. The molecule has 0 saturated carbocycles. The lowest BCUT2D eigenvalue weighted by Gasteiger charge is -2.07. The molecule has 1 aromatic rings. The molecule has 1 aliphatic heterocycles. The third-order valence-corrected chi connectivity index (χ3v) is 3.00. The standard InChI is InChI=1S/C9H11NO2S/c1-7-9(12-13(11)10-7)8-5-3-2-4-6-8/h2-7,9-10H,1H3/t7?,9-,13?/m0/s1. The van der Waals surface area contributed by atoms with Gasteiger partial charge in [-0.05, 0) is 12.5 Å². The Balaban J connectivity index is 2.18. The van der Waals surface area contributed by atoms with Gasteiger partial charge in [-0.3, -0.25) is 0 Å². The lowest BCUT2D eigenvalue weighted by Crippen LogP contribution is -2.24. The quantitative estimate of drug-likeness (QED) is 0.690. The largest absolute Gasteiger partial charge is 0.566 e. The molecule has 3 atom stereocenters. The zero-order valence-electron chi connectivity index (χ0n) is 7.27. The van der Waals surface area contributed by atoms with E-state index in [1.54, 1.807) is 0 Å². The van der Waals surface area contributed by atoms with Gasteiger partial charge in [0.1, 0.15) is 0 Å². The van der Waals surface area contributed by atoms with Gasteiger partial charge >= 0.3 is 0 Å². The van der Waals surface area contributed by atoms with Gasteiger partial charge in [0.15, 0.2) is 6.10 Å². The minimum atomic E-state index is -1.33. The highest BCUT2D eigenvalue weighted by Crippen LogP contribution is 2.28. The minimum Gasteiger partial charge on any atom is -0.566 e. The van der Waals surface area contributed by atoms with Gasteiger partial charge in [-0.2, -0.15) is 0 Å². The second kappa shape index (κ2) is 3.67. The van der Waals surface area contributed by atoms with E-state index >= 15 is 0 Å². The van der Waals surface area contributed by atoms with Gasteiger partial charge in [-0.25, -0.2) is 0 Å². The highest BCUT2D eigenvalue weighted by Gasteiger charge is 2.36. The van der Waals surface area contributed by atoms with Gasteiger partial charge in [-0.1, -0.05) is 30.3 Å². The van der Waals surface area contributed by atoms with Crippen LogP contribution in [0.25, 0.3) is 0 Å². The van der Waals surface area contributed by atoms with E-state index in [9.17, 15) is 4.55 Å². The SMILES string of the molecule is CC1N[S+]([O-])O[C@@H]1c1ccccc1. The first kappa shape index (κ1) is 9.02. The highest BCUT2D eigenvalue weighted by molar-refractivity contribution is 7.85. The van der Waals surface area contributed by atoms with Crippen molar-refractivity contribution in [3.63, 3.8) is 0 Å². The molecule has 70 valence electrons. The summed E-state index contributed by atoms with van der Waals surface area (Å²) in [5.74, 6) is 0. The maximum absolute atomic E-state index is 11.0. The van der Waals surface area contributed by atoms with Gasteiger partial charge in [0.2, 0.25) is 11.6 Å². The zero-order valence-corrected chi connectivity index (χ0v) is 8.08. The zero-order chi connectivity index (χ0) is 9.26. The Morgan fingerprint density at radius 2 is 2.08 bits per heavy atom. The fourth-order valence-corrected chi connectivity index (χ4v) is 2.35. The Labute approximate surface area is 80.6 Å². The lowest BCUT2D eigenvalue weighted by molar-refractivity contribution is 0.225. The first-order chi connectivity index (χ1) is 6.27. The number of benzene rings is 1. The van der Waals surface area contributed by atoms with Crippen LogP contribution in [0.15, 0.2) is 30.3 Å². The van der Waals surface area contributed by atoms with E-state index in [1.165, 1.54) is 0 Å². The molecule has 0 spiro atoms. The molecule has 1 aliphatic rings. The molecule has 13 heavy (non-hydrogen) atoms. The molecule has 3 nitrogen and oxygen atoms in total. The van der Waals surface area contributed by atoms with Crippen molar-refractivity contribution in [2.75, 3.05) is 0 Å². The Morgan fingerprint density at radius 3 is 2.62 bits per heavy atom. The van der Waals surface area contributed by atoms with E-state index in [-0.39, 0.29) is 12.1 Å². The molecular formula is C9H11NO2S. The number of rotatable bonds is 1. The Hall–Kier alpha value is -0.550. The number of nitrogens with one attached hydrogen (secondary N) is 1. The topological polar surface area (TPSA) is 44.3 Å². The maximum Gasteiger partial charge on any atom is 0.215 e. The van der Waals surface area contributed by atoms with Crippen LogP contribution < -0.4 is 4.72 Å².